The number of ether oxygens (including phenoxy) is 1. The Hall–Kier alpha value is -2.07. The fourth-order valence-corrected chi connectivity index (χ4v) is 2.62. The Morgan fingerprint density at radius 3 is 2.62 bits per heavy atom. The lowest BCUT2D eigenvalue weighted by Crippen LogP contribution is -2.07. The number of aryl methyl sites for hydroxylation is 2. The van der Waals surface area contributed by atoms with Gasteiger partial charge in [-0.05, 0) is 38.8 Å². The van der Waals surface area contributed by atoms with E-state index < -0.39 is 12.1 Å². The number of benzene rings is 1. The molecule has 0 unspecified atom stereocenters. The summed E-state index contributed by atoms with van der Waals surface area (Å²) in [5, 5.41) is 9.75. The molecule has 0 aliphatic rings. The summed E-state index contributed by atoms with van der Waals surface area (Å²) in [7, 11) is 0. The third kappa shape index (κ3) is 3.34. The topological polar surface area (TPSA) is 62.3 Å². The van der Waals surface area contributed by atoms with Crippen molar-refractivity contribution in [1.29, 1.82) is 0 Å². The molecule has 1 aromatic carbocycles. The summed E-state index contributed by atoms with van der Waals surface area (Å²) in [6, 6.07) is 7.85. The predicted molar refractivity (Wildman–Crippen MR) is 81.2 cm³/mol. The summed E-state index contributed by atoms with van der Waals surface area (Å²) >= 11 is 0. The van der Waals surface area contributed by atoms with Crippen molar-refractivity contribution in [2.45, 2.75) is 40.4 Å². The molecule has 112 valence electrons. The number of aromatic nitrogens is 1. The fourth-order valence-electron chi connectivity index (χ4n) is 2.62. The minimum atomic E-state index is -0.612. The van der Waals surface area contributed by atoms with Gasteiger partial charge < -0.3 is 14.8 Å². The number of aliphatic hydroxyl groups is 1. The van der Waals surface area contributed by atoms with Crippen molar-refractivity contribution in [1.82, 2.24) is 4.98 Å². The maximum atomic E-state index is 12.2. The Bertz CT molecular complexity index is 656. The van der Waals surface area contributed by atoms with Crippen molar-refractivity contribution in [3.8, 4) is 0 Å². The van der Waals surface area contributed by atoms with Gasteiger partial charge in [0, 0.05) is 11.3 Å². The first-order valence-electron chi connectivity index (χ1n) is 7.00. The molecule has 1 aromatic heterocycles. The molecule has 2 aromatic rings. The molecule has 0 aliphatic heterocycles. The maximum absolute atomic E-state index is 12.2. The number of carbonyl (C=O) groups excluding carboxylic acids is 1. The molecular weight excluding hydrogens is 266 g/mol. The summed E-state index contributed by atoms with van der Waals surface area (Å²) < 4.78 is 5.35. The van der Waals surface area contributed by atoms with Crippen LogP contribution in [-0.2, 0) is 11.3 Å². The van der Waals surface area contributed by atoms with Gasteiger partial charge in [0.25, 0.3) is 0 Å². The quantitative estimate of drug-likeness (QED) is 0.848. The Balaban J connectivity index is 2.12. The Morgan fingerprint density at radius 1 is 1.33 bits per heavy atom. The van der Waals surface area contributed by atoms with E-state index in [4.69, 9.17) is 4.74 Å². The van der Waals surface area contributed by atoms with Crippen LogP contribution in [0.25, 0.3) is 0 Å². The van der Waals surface area contributed by atoms with E-state index in [-0.39, 0.29) is 6.61 Å². The van der Waals surface area contributed by atoms with Gasteiger partial charge in [-0.3, -0.25) is 0 Å². The standard InChI is InChI=1S/C17H21NO3/c1-10-6-5-7-14(8-10)9-21-17(20)16-11(2)15(13(4)19)12(3)18-16/h5-8,13,18-19H,9H2,1-4H3/t13-/m0/s1. The van der Waals surface area contributed by atoms with Crippen LogP contribution in [0.5, 0.6) is 0 Å². The lowest BCUT2D eigenvalue weighted by atomic mass is 10.1. The first kappa shape index (κ1) is 15.3. The molecule has 0 saturated heterocycles. The van der Waals surface area contributed by atoms with Crippen molar-refractivity contribution in [2.75, 3.05) is 0 Å². The van der Waals surface area contributed by atoms with Gasteiger partial charge in [-0.15, -0.1) is 0 Å². The molecule has 0 aliphatic carbocycles. The van der Waals surface area contributed by atoms with Gasteiger partial charge in [0.05, 0.1) is 6.10 Å². The number of aliphatic hydroxyl groups excluding tert-OH is 1. The SMILES string of the molecule is Cc1cccc(COC(=O)c2[nH]c(C)c([C@H](C)O)c2C)c1. The molecule has 0 saturated carbocycles. The van der Waals surface area contributed by atoms with Crippen LogP contribution in [0.3, 0.4) is 0 Å². The summed E-state index contributed by atoms with van der Waals surface area (Å²) in [4.78, 5) is 15.2. The molecule has 1 heterocycles. The second-order valence-corrected chi connectivity index (χ2v) is 5.40. The monoisotopic (exact) mass is 287 g/mol. The molecule has 4 heteroatoms. The molecule has 0 spiro atoms. The Kier molecular flexibility index (Phi) is 4.48. The zero-order valence-electron chi connectivity index (χ0n) is 12.9. The number of esters is 1. The molecule has 21 heavy (non-hydrogen) atoms. The van der Waals surface area contributed by atoms with Crippen molar-refractivity contribution >= 4 is 5.97 Å². The number of nitrogens with one attached hydrogen (secondary N) is 1. The minimum Gasteiger partial charge on any atom is -0.456 e. The third-order valence-corrected chi connectivity index (χ3v) is 3.57. The predicted octanol–water partition coefficient (Wildman–Crippen LogP) is 3.35. The van der Waals surface area contributed by atoms with E-state index in [0.717, 1.165) is 27.9 Å². The normalized spacial score (nSPS) is 12.2. The average Bonchev–Trinajstić information content (AvgIpc) is 2.71. The second-order valence-electron chi connectivity index (χ2n) is 5.40. The van der Waals surface area contributed by atoms with E-state index in [1.54, 1.807) is 6.92 Å². The highest BCUT2D eigenvalue weighted by Crippen LogP contribution is 2.25. The molecule has 0 bridgehead atoms. The van der Waals surface area contributed by atoms with Crippen LogP contribution in [0, 0.1) is 20.8 Å². The lowest BCUT2D eigenvalue weighted by Gasteiger charge is -2.07. The van der Waals surface area contributed by atoms with E-state index in [2.05, 4.69) is 4.98 Å². The summed E-state index contributed by atoms with van der Waals surface area (Å²) in [5.74, 6) is -0.399. The van der Waals surface area contributed by atoms with Crippen molar-refractivity contribution in [2.24, 2.45) is 0 Å². The number of rotatable bonds is 4. The molecule has 1 atom stereocenters. The van der Waals surface area contributed by atoms with Crippen molar-refractivity contribution < 1.29 is 14.6 Å². The number of carbonyl (C=O) groups is 1. The van der Waals surface area contributed by atoms with E-state index in [9.17, 15) is 9.90 Å². The number of aromatic amines is 1. The van der Waals surface area contributed by atoms with Crippen LogP contribution in [0.1, 0.15) is 51.5 Å². The van der Waals surface area contributed by atoms with E-state index >= 15 is 0 Å². The largest absolute Gasteiger partial charge is 0.456 e. The van der Waals surface area contributed by atoms with Gasteiger partial charge >= 0.3 is 5.97 Å². The van der Waals surface area contributed by atoms with Crippen LogP contribution in [0.15, 0.2) is 24.3 Å². The minimum absolute atomic E-state index is 0.238. The second kappa shape index (κ2) is 6.14. The lowest BCUT2D eigenvalue weighted by molar-refractivity contribution is 0.0465. The van der Waals surface area contributed by atoms with Crippen LogP contribution in [0.4, 0.5) is 0 Å². The van der Waals surface area contributed by atoms with Gasteiger partial charge in [-0.25, -0.2) is 4.79 Å². The average molecular weight is 287 g/mol. The van der Waals surface area contributed by atoms with E-state index in [1.807, 2.05) is 45.0 Å². The zero-order chi connectivity index (χ0) is 15.6. The molecule has 2 N–H and O–H groups in total. The van der Waals surface area contributed by atoms with E-state index in [1.165, 1.54) is 0 Å². The van der Waals surface area contributed by atoms with Gasteiger partial charge in [-0.2, -0.15) is 0 Å². The zero-order valence-corrected chi connectivity index (χ0v) is 12.9. The van der Waals surface area contributed by atoms with E-state index in [0.29, 0.717) is 5.69 Å². The number of H-pyrrole nitrogens is 1. The Morgan fingerprint density at radius 2 is 2.05 bits per heavy atom. The van der Waals surface area contributed by atoms with Crippen molar-refractivity contribution in [3.63, 3.8) is 0 Å². The summed E-state index contributed by atoms with van der Waals surface area (Å²) in [6.45, 7) is 7.58. The van der Waals surface area contributed by atoms with Crippen molar-refractivity contribution in [3.05, 3.63) is 57.9 Å². The van der Waals surface area contributed by atoms with Gasteiger partial charge in [0.15, 0.2) is 0 Å². The molecule has 0 fully saturated rings. The van der Waals surface area contributed by atoms with Gasteiger partial charge in [0.2, 0.25) is 0 Å². The number of hydrogen-bond acceptors (Lipinski definition) is 3. The summed E-state index contributed by atoms with van der Waals surface area (Å²) in [6.07, 6.45) is -0.612. The summed E-state index contributed by atoms with van der Waals surface area (Å²) in [5.41, 5.74) is 4.81. The highest BCUT2D eigenvalue weighted by molar-refractivity contribution is 5.89. The highest BCUT2D eigenvalue weighted by Gasteiger charge is 2.20. The molecule has 2 rings (SSSR count). The third-order valence-electron chi connectivity index (χ3n) is 3.57. The maximum Gasteiger partial charge on any atom is 0.355 e. The van der Waals surface area contributed by atoms with Crippen LogP contribution < -0.4 is 0 Å². The smallest absolute Gasteiger partial charge is 0.355 e. The first-order valence-corrected chi connectivity index (χ1v) is 7.00. The van der Waals surface area contributed by atoms with Crippen LogP contribution in [-0.4, -0.2) is 16.1 Å². The number of hydrogen-bond donors (Lipinski definition) is 2. The first-order chi connectivity index (χ1) is 9.90. The molecule has 0 amide bonds. The van der Waals surface area contributed by atoms with Crippen LogP contribution >= 0.6 is 0 Å². The Labute approximate surface area is 124 Å². The van der Waals surface area contributed by atoms with Gasteiger partial charge in [0.1, 0.15) is 12.3 Å². The van der Waals surface area contributed by atoms with Crippen LogP contribution in [0.2, 0.25) is 0 Å². The fraction of sp³-hybridized carbons (Fsp3) is 0.353. The van der Waals surface area contributed by atoms with Gasteiger partial charge in [-0.1, -0.05) is 29.8 Å². The molecule has 0 radical (unpaired) electrons. The highest BCUT2D eigenvalue weighted by atomic mass is 16.5. The molecule has 4 nitrogen and oxygen atoms in total. The molecular formula is C17H21NO3.